The van der Waals surface area contributed by atoms with E-state index in [0.29, 0.717) is 0 Å². The molecule has 1 aromatic carbocycles. The zero-order chi connectivity index (χ0) is 13.2. The minimum Gasteiger partial charge on any atom is -0.478 e. The van der Waals surface area contributed by atoms with Crippen molar-refractivity contribution in [1.29, 1.82) is 0 Å². The number of carbonyl (C=O) groups is 1. The highest BCUT2D eigenvalue weighted by Crippen LogP contribution is 2.28. The Kier molecular flexibility index (Phi) is 3.50. The number of para-hydroxylation sites is 1. The number of rotatable bonds is 3. The molecule has 0 radical (unpaired) electrons. The number of nitrogens with two attached hydrogens (primary N) is 1. The number of nitrogen functional groups attached to an aromatic ring is 1. The molecule has 1 aromatic rings. The summed E-state index contributed by atoms with van der Waals surface area (Å²) < 4.78 is 36.6. The SMILES string of the molecule is CN(CC(F)(F)F)c1cccc(C(=O)O)c1N. The number of hydrogen-bond acceptors (Lipinski definition) is 3. The molecule has 0 aliphatic rings. The minimum absolute atomic E-state index is 0.0437. The van der Waals surface area contributed by atoms with Crippen molar-refractivity contribution >= 4 is 17.3 Å². The molecule has 0 aliphatic carbocycles. The van der Waals surface area contributed by atoms with E-state index in [0.717, 1.165) is 4.90 Å². The van der Waals surface area contributed by atoms with Crippen LogP contribution in [0.25, 0.3) is 0 Å². The van der Waals surface area contributed by atoms with E-state index < -0.39 is 18.7 Å². The van der Waals surface area contributed by atoms with Gasteiger partial charge < -0.3 is 15.7 Å². The first-order valence-electron chi connectivity index (χ1n) is 4.62. The van der Waals surface area contributed by atoms with Gasteiger partial charge >= 0.3 is 12.1 Å². The molecule has 0 amide bonds. The summed E-state index contributed by atoms with van der Waals surface area (Å²) in [6.07, 6.45) is -4.37. The molecule has 7 heteroatoms. The molecular weight excluding hydrogens is 237 g/mol. The quantitative estimate of drug-likeness (QED) is 0.802. The molecular formula is C10H11F3N2O2. The fourth-order valence-corrected chi connectivity index (χ4v) is 1.43. The summed E-state index contributed by atoms with van der Waals surface area (Å²) >= 11 is 0. The topological polar surface area (TPSA) is 66.6 Å². The average Bonchev–Trinajstić information content (AvgIpc) is 2.14. The summed E-state index contributed by atoms with van der Waals surface area (Å²) in [6, 6.07) is 3.93. The van der Waals surface area contributed by atoms with Crippen LogP contribution in [0.3, 0.4) is 0 Å². The van der Waals surface area contributed by atoms with Crippen molar-refractivity contribution in [3.05, 3.63) is 23.8 Å². The largest absolute Gasteiger partial charge is 0.478 e. The van der Waals surface area contributed by atoms with Crippen LogP contribution in [-0.2, 0) is 0 Å². The molecule has 0 fully saturated rings. The maximum Gasteiger partial charge on any atom is 0.405 e. The molecule has 0 atom stereocenters. The molecule has 0 unspecified atom stereocenters. The van der Waals surface area contributed by atoms with Crippen LogP contribution in [0.2, 0.25) is 0 Å². The van der Waals surface area contributed by atoms with Crippen molar-refractivity contribution < 1.29 is 23.1 Å². The van der Waals surface area contributed by atoms with Gasteiger partial charge in [-0.3, -0.25) is 0 Å². The monoisotopic (exact) mass is 248 g/mol. The highest BCUT2D eigenvalue weighted by atomic mass is 19.4. The molecule has 0 saturated carbocycles. The lowest BCUT2D eigenvalue weighted by Gasteiger charge is -2.23. The third kappa shape index (κ3) is 3.27. The van der Waals surface area contributed by atoms with E-state index in [1.165, 1.54) is 25.2 Å². The Morgan fingerprint density at radius 3 is 2.53 bits per heavy atom. The van der Waals surface area contributed by atoms with E-state index in [-0.39, 0.29) is 16.9 Å². The van der Waals surface area contributed by atoms with Gasteiger partial charge in [0.25, 0.3) is 0 Å². The van der Waals surface area contributed by atoms with Crippen LogP contribution in [0.15, 0.2) is 18.2 Å². The van der Waals surface area contributed by atoms with E-state index in [9.17, 15) is 18.0 Å². The van der Waals surface area contributed by atoms with Gasteiger partial charge in [-0.1, -0.05) is 6.07 Å². The van der Waals surface area contributed by atoms with Gasteiger partial charge in [-0.25, -0.2) is 4.79 Å². The van der Waals surface area contributed by atoms with Gasteiger partial charge in [-0.2, -0.15) is 13.2 Å². The van der Waals surface area contributed by atoms with Gasteiger partial charge in [0.05, 0.1) is 16.9 Å². The molecule has 94 valence electrons. The van der Waals surface area contributed by atoms with Crippen molar-refractivity contribution in [2.75, 3.05) is 24.2 Å². The fraction of sp³-hybridized carbons (Fsp3) is 0.300. The third-order valence-corrected chi connectivity index (χ3v) is 2.14. The summed E-state index contributed by atoms with van der Waals surface area (Å²) in [5.41, 5.74) is 5.17. The Morgan fingerprint density at radius 2 is 2.06 bits per heavy atom. The van der Waals surface area contributed by atoms with Gasteiger partial charge in [-0.15, -0.1) is 0 Å². The molecule has 0 saturated heterocycles. The second-order valence-electron chi connectivity index (χ2n) is 3.51. The maximum atomic E-state index is 12.2. The van der Waals surface area contributed by atoms with E-state index in [1.807, 2.05) is 0 Å². The van der Waals surface area contributed by atoms with E-state index in [2.05, 4.69) is 0 Å². The van der Waals surface area contributed by atoms with E-state index in [1.54, 1.807) is 0 Å². The highest BCUT2D eigenvalue weighted by molar-refractivity contribution is 5.97. The van der Waals surface area contributed by atoms with Gasteiger partial charge in [0.1, 0.15) is 6.54 Å². The number of benzene rings is 1. The molecule has 0 bridgehead atoms. The molecule has 0 spiro atoms. The van der Waals surface area contributed by atoms with Gasteiger partial charge in [0, 0.05) is 7.05 Å². The Labute approximate surface area is 95.4 Å². The van der Waals surface area contributed by atoms with Gasteiger partial charge in [0.15, 0.2) is 0 Å². The third-order valence-electron chi connectivity index (χ3n) is 2.14. The van der Waals surface area contributed by atoms with Crippen molar-refractivity contribution in [3.8, 4) is 0 Å². The van der Waals surface area contributed by atoms with Crippen molar-refractivity contribution in [2.45, 2.75) is 6.18 Å². The number of carboxylic acid groups (broad SMARTS) is 1. The van der Waals surface area contributed by atoms with Gasteiger partial charge in [-0.05, 0) is 12.1 Å². The first-order chi connectivity index (χ1) is 7.72. The standard InChI is InChI=1S/C10H11F3N2O2/c1-15(5-10(11,12)13)7-4-2-3-6(8(7)14)9(16)17/h2-4H,5,14H2,1H3,(H,16,17). The normalized spacial score (nSPS) is 11.3. The van der Waals surface area contributed by atoms with Crippen LogP contribution in [0.5, 0.6) is 0 Å². The zero-order valence-corrected chi connectivity index (χ0v) is 8.95. The summed E-state index contributed by atoms with van der Waals surface area (Å²) in [5, 5.41) is 8.78. The van der Waals surface area contributed by atoms with Crippen molar-refractivity contribution in [2.24, 2.45) is 0 Å². The highest BCUT2D eigenvalue weighted by Gasteiger charge is 2.30. The maximum absolute atomic E-state index is 12.2. The lowest BCUT2D eigenvalue weighted by molar-refractivity contribution is -0.119. The summed E-state index contributed by atoms with van der Waals surface area (Å²) in [4.78, 5) is 11.6. The molecule has 0 heterocycles. The minimum atomic E-state index is -4.37. The molecule has 1 rings (SSSR count). The molecule has 0 aliphatic heterocycles. The summed E-state index contributed by atoms with van der Waals surface area (Å²) in [6.45, 7) is -1.19. The smallest absolute Gasteiger partial charge is 0.405 e. The number of hydrogen-bond donors (Lipinski definition) is 2. The number of carboxylic acids is 1. The van der Waals surface area contributed by atoms with E-state index >= 15 is 0 Å². The van der Waals surface area contributed by atoms with Crippen LogP contribution in [-0.4, -0.2) is 30.8 Å². The molecule has 4 nitrogen and oxygen atoms in total. The Hall–Kier alpha value is -1.92. The fourth-order valence-electron chi connectivity index (χ4n) is 1.43. The lowest BCUT2D eigenvalue weighted by atomic mass is 10.1. The van der Waals surface area contributed by atoms with Crippen LogP contribution >= 0.6 is 0 Å². The van der Waals surface area contributed by atoms with Crippen molar-refractivity contribution in [1.82, 2.24) is 0 Å². The molecule has 17 heavy (non-hydrogen) atoms. The summed E-state index contributed by atoms with van der Waals surface area (Å²) in [7, 11) is 1.20. The van der Waals surface area contributed by atoms with Gasteiger partial charge in [0.2, 0.25) is 0 Å². The van der Waals surface area contributed by atoms with Crippen LogP contribution in [0.4, 0.5) is 24.5 Å². The zero-order valence-electron chi connectivity index (χ0n) is 8.95. The second kappa shape index (κ2) is 4.52. The molecule has 0 aromatic heterocycles. The van der Waals surface area contributed by atoms with Crippen molar-refractivity contribution in [3.63, 3.8) is 0 Å². The molecule has 3 N–H and O–H groups in total. The number of nitrogens with zero attached hydrogens (tertiary/aromatic N) is 1. The average molecular weight is 248 g/mol. The first-order valence-corrected chi connectivity index (χ1v) is 4.62. The number of halogens is 3. The Bertz CT molecular complexity index is 432. The number of alkyl halides is 3. The second-order valence-corrected chi connectivity index (χ2v) is 3.51. The number of anilines is 2. The lowest BCUT2D eigenvalue weighted by Crippen LogP contribution is -2.31. The van der Waals surface area contributed by atoms with Crippen LogP contribution in [0, 0.1) is 0 Å². The number of aromatic carboxylic acids is 1. The predicted octanol–water partition coefficient (Wildman–Crippen LogP) is 1.97. The Balaban J connectivity index is 3.07. The van der Waals surface area contributed by atoms with Crippen LogP contribution < -0.4 is 10.6 Å². The van der Waals surface area contributed by atoms with Crippen LogP contribution in [0.1, 0.15) is 10.4 Å². The summed E-state index contributed by atoms with van der Waals surface area (Å²) in [5.74, 6) is -1.27. The Morgan fingerprint density at radius 1 is 1.47 bits per heavy atom. The van der Waals surface area contributed by atoms with E-state index in [4.69, 9.17) is 10.8 Å². The predicted molar refractivity (Wildman–Crippen MR) is 57.1 cm³/mol. The first kappa shape index (κ1) is 13.1.